The van der Waals surface area contributed by atoms with E-state index in [1.54, 1.807) is 0 Å². The Hall–Kier alpha value is -0.490. The average molecular weight is 979 g/mol. The highest BCUT2D eigenvalue weighted by Crippen LogP contribution is 2.52. The van der Waals surface area contributed by atoms with Crippen LogP contribution in [0.1, 0.15) is 110 Å². The molecule has 4 rings (SSSR count). The van der Waals surface area contributed by atoms with E-state index >= 15 is 0 Å². The molecule has 0 spiro atoms. The van der Waals surface area contributed by atoms with Gasteiger partial charge in [-0.25, -0.2) is 0 Å². The fourth-order valence-corrected chi connectivity index (χ4v) is 10.9. The lowest BCUT2D eigenvalue weighted by Crippen LogP contribution is -2.91. The molecule has 0 saturated carbocycles. The van der Waals surface area contributed by atoms with E-state index in [0.717, 1.165) is 31.4 Å². The lowest BCUT2D eigenvalue weighted by atomic mass is 9.57. The first-order valence-electron chi connectivity index (χ1n) is 23.9. The summed E-state index contributed by atoms with van der Waals surface area (Å²) in [4.78, 5) is 0. The Kier molecular flexibility index (Phi) is 23.1. The van der Waals surface area contributed by atoms with Crippen molar-refractivity contribution in [2.75, 3.05) is 57.8 Å². The van der Waals surface area contributed by atoms with Gasteiger partial charge in [0.2, 0.25) is 0 Å². The minimum absolute atomic E-state index is 0.259. The normalized spacial score (nSPS) is 42.7. The molecule has 0 aromatic rings. The zero-order valence-corrected chi connectivity index (χ0v) is 39.1. The number of ether oxygens (including phenoxy) is 5. The van der Waals surface area contributed by atoms with Crippen molar-refractivity contribution in [3.63, 3.8) is 0 Å². The van der Waals surface area contributed by atoms with Gasteiger partial charge < -0.3 is 105 Å². The summed E-state index contributed by atoms with van der Waals surface area (Å²) < 4.78 is 27.6. The Morgan fingerprint density at radius 2 is 1.11 bits per heavy atom. The molecule has 0 aromatic heterocycles. The molecule has 4 fully saturated rings. The second-order valence-electron chi connectivity index (χ2n) is 18.9. The molecule has 0 radical (unpaired) electrons. The molecule has 4 aliphatic rings. The first-order chi connectivity index (χ1) is 31.3. The van der Waals surface area contributed by atoms with Gasteiger partial charge in [-0.05, 0) is 12.2 Å². The second kappa shape index (κ2) is 26.3. The maximum atomic E-state index is 12.6. The van der Waals surface area contributed by atoms with Crippen molar-refractivity contribution in [1.29, 1.82) is 0 Å². The maximum absolute atomic E-state index is 12.6. The molecule has 0 aromatic carbocycles. The van der Waals surface area contributed by atoms with E-state index in [-0.39, 0.29) is 12.4 Å². The molecule has 21 nitrogen and oxygen atoms in total. The van der Waals surface area contributed by atoms with E-state index in [9.17, 15) is 81.7 Å². The van der Waals surface area contributed by atoms with Crippen molar-refractivity contribution in [2.45, 2.75) is 217 Å². The molecule has 16 N–H and O–H groups in total. The summed E-state index contributed by atoms with van der Waals surface area (Å²) in [6, 6.07) is 0. The van der Waals surface area contributed by atoms with Gasteiger partial charge in [0.15, 0.2) is 28.7 Å². The lowest BCUT2D eigenvalue weighted by molar-refractivity contribution is -0.441. The Morgan fingerprint density at radius 1 is 0.576 bits per heavy atom. The monoisotopic (exact) mass is 979 g/mol. The summed E-state index contributed by atoms with van der Waals surface area (Å²) in [5, 5.41) is 181. The van der Waals surface area contributed by atoms with E-state index < -0.39 is 147 Å². The fourth-order valence-electron chi connectivity index (χ4n) is 10.1. The highest BCUT2D eigenvalue weighted by atomic mass is 32.2. The van der Waals surface area contributed by atoms with Crippen molar-refractivity contribution < 1.29 is 105 Å². The Balaban J connectivity index is 1.43. The number of aliphatic hydroxyl groups is 16. The quantitative estimate of drug-likeness (QED) is 0.0337. The van der Waals surface area contributed by atoms with Crippen molar-refractivity contribution in [1.82, 2.24) is 0 Å². The fraction of sp³-hybridized carbons (Fsp3) is 1.00. The molecule has 66 heavy (non-hydrogen) atoms. The molecule has 0 aliphatic carbocycles. The molecule has 4 heterocycles. The largest absolute Gasteiger partial charge is 0.394 e. The zero-order valence-electron chi connectivity index (χ0n) is 38.3. The van der Waals surface area contributed by atoms with E-state index in [1.165, 1.54) is 88.8 Å². The average Bonchev–Trinajstić information content (AvgIpc) is 3.30. The number of hydrogen-bond donors (Lipinski definition) is 16. The third-order valence-corrected chi connectivity index (χ3v) is 15.5. The third-order valence-electron chi connectivity index (χ3n) is 14.4. The van der Waals surface area contributed by atoms with Crippen LogP contribution >= 0.6 is 11.8 Å². The standard InChI is InChI=1S/C44H82O21S/c1-2-3-4-5-6-7-8-9-10-11-12-13-14-15-16-17-19-66-20-18-61-39-44(60,35(53)32(50)29(22-46)65-39)42(58)30(23-47)64-26-41(57,38(42)55)43(59)33(51)27(48)24-62-37(43)36(54)40(56)25-63-28(21-45)31(49)34(40)52/h27-39,45-60H,2-26H2,1H3/t27-,28+,29+,30+,31+,32+,33+,34-,35-,36?,37+,38+,39-,40+,41-,42-,43+,44+/m0/s1. The van der Waals surface area contributed by atoms with Crippen LogP contribution in [0, 0.1) is 0 Å². The van der Waals surface area contributed by atoms with Gasteiger partial charge in [0.25, 0.3) is 0 Å². The Morgan fingerprint density at radius 3 is 1.64 bits per heavy atom. The third kappa shape index (κ3) is 11.9. The predicted octanol–water partition coefficient (Wildman–Crippen LogP) is -3.56. The molecule has 0 amide bonds. The van der Waals surface area contributed by atoms with E-state index in [4.69, 9.17) is 23.7 Å². The summed E-state index contributed by atoms with van der Waals surface area (Å²) in [7, 11) is 0. The van der Waals surface area contributed by atoms with Crippen LogP contribution in [0.5, 0.6) is 0 Å². The Labute approximate surface area is 391 Å². The van der Waals surface area contributed by atoms with Gasteiger partial charge in [-0.15, -0.1) is 0 Å². The van der Waals surface area contributed by atoms with Gasteiger partial charge >= 0.3 is 0 Å². The van der Waals surface area contributed by atoms with Gasteiger partial charge in [-0.1, -0.05) is 103 Å². The smallest absolute Gasteiger partial charge is 0.192 e. The van der Waals surface area contributed by atoms with E-state index in [1.807, 2.05) is 0 Å². The predicted molar refractivity (Wildman–Crippen MR) is 235 cm³/mol. The summed E-state index contributed by atoms with van der Waals surface area (Å²) in [6.45, 7) is -4.56. The van der Waals surface area contributed by atoms with Gasteiger partial charge in [0.05, 0.1) is 46.2 Å². The van der Waals surface area contributed by atoms with Crippen molar-refractivity contribution in [2.24, 2.45) is 0 Å². The summed E-state index contributed by atoms with van der Waals surface area (Å²) >= 11 is 1.47. The number of aliphatic hydroxyl groups excluding tert-OH is 11. The van der Waals surface area contributed by atoms with Crippen LogP contribution in [0.4, 0.5) is 0 Å². The number of unbranched alkanes of at least 4 members (excludes halogenated alkanes) is 15. The minimum Gasteiger partial charge on any atom is -0.394 e. The van der Waals surface area contributed by atoms with Crippen molar-refractivity contribution >= 4 is 11.8 Å². The van der Waals surface area contributed by atoms with Crippen LogP contribution in [0.25, 0.3) is 0 Å². The maximum Gasteiger partial charge on any atom is 0.192 e. The van der Waals surface area contributed by atoms with Crippen LogP contribution in [0.2, 0.25) is 0 Å². The first kappa shape index (κ1) is 58.1. The highest BCUT2D eigenvalue weighted by Gasteiger charge is 2.80. The second-order valence-corrected chi connectivity index (χ2v) is 20.1. The van der Waals surface area contributed by atoms with Crippen LogP contribution in [0.15, 0.2) is 0 Å². The molecule has 4 saturated heterocycles. The van der Waals surface area contributed by atoms with Crippen molar-refractivity contribution in [3.8, 4) is 0 Å². The molecule has 4 aliphatic heterocycles. The summed E-state index contributed by atoms with van der Waals surface area (Å²) in [5.74, 6) is 0.990. The molecule has 18 atom stereocenters. The van der Waals surface area contributed by atoms with Crippen molar-refractivity contribution in [3.05, 3.63) is 0 Å². The molecular weight excluding hydrogens is 897 g/mol. The van der Waals surface area contributed by atoms with Crippen LogP contribution in [-0.2, 0) is 23.7 Å². The summed E-state index contributed by atoms with van der Waals surface area (Å²) in [5.41, 5.74) is -17.7. The lowest BCUT2D eigenvalue weighted by Gasteiger charge is -2.65. The SMILES string of the molecule is CCCCCCCCCCCCCCCCCCSCCO[C@H]1O[C@H](CO)[C@@H](O)[C@H](O)[C@]1(O)[C@]1(O)[C@@H](CO)OC[C@@](O)([C@]2(O)[C@@H](C(O)[C@@]3(O)CO[C@H](CO)[C@@H](O)[C@@H]3O)OC[C@H](O)[C@H]2O)[C@H]1O. The van der Waals surface area contributed by atoms with Gasteiger partial charge in [-0.3, -0.25) is 0 Å². The van der Waals surface area contributed by atoms with Crippen LogP contribution in [-0.4, -0.2) is 247 Å². The Bertz CT molecular complexity index is 1400. The van der Waals surface area contributed by atoms with Gasteiger partial charge in [0, 0.05) is 5.75 Å². The molecule has 22 heteroatoms. The molecule has 390 valence electrons. The molecule has 1 unspecified atom stereocenters. The van der Waals surface area contributed by atoms with E-state index in [2.05, 4.69) is 6.92 Å². The number of hydrogen-bond acceptors (Lipinski definition) is 22. The minimum atomic E-state index is -3.73. The highest BCUT2D eigenvalue weighted by molar-refractivity contribution is 7.99. The van der Waals surface area contributed by atoms with Crippen LogP contribution in [0.3, 0.4) is 0 Å². The van der Waals surface area contributed by atoms with Crippen LogP contribution < -0.4 is 0 Å². The van der Waals surface area contributed by atoms with Gasteiger partial charge in [-0.2, -0.15) is 11.8 Å². The summed E-state index contributed by atoms with van der Waals surface area (Å²) in [6.07, 6.45) is -10.7. The topological polar surface area (TPSA) is 370 Å². The molecular formula is C44H82O21S. The zero-order chi connectivity index (χ0) is 48.9. The van der Waals surface area contributed by atoms with E-state index in [0.29, 0.717) is 0 Å². The number of rotatable bonds is 28. The van der Waals surface area contributed by atoms with Gasteiger partial charge in [0.1, 0.15) is 78.8 Å². The molecule has 0 bridgehead atoms. The number of thioether (sulfide) groups is 1. The first-order valence-corrected chi connectivity index (χ1v) is 25.1.